The number of hydrogen-bond donors (Lipinski definition) is 1. The SMILES string of the molecule is Nc1cc(OCCCCCCCCCC(F)(F)F)ccc1Br. The minimum atomic E-state index is -4.01. The highest BCUT2D eigenvalue weighted by atomic mass is 79.9. The van der Waals surface area contributed by atoms with Crippen LogP contribution in [0.15, 0.2) is 22.7 Å². The fourth-order valence-electron chi connectivity index (χ4n) is 2.11. The van der Waals surface area contributed by atoms with Crippen molar-refractivity contribution in [2.45, 2.75) is 57.5 Å². The van der Waals surface area contributed by atoms with Crippen LogP contribution in [0.3, 0.4) is 0 Å². The largest absolute Gasteiger partial charge is 0.494 e. The summed E-state index contributed by atoms with van der Waals surface area (Å²) in [6.45, 7) is 0.634. The maximum Gasteiger partial charge on any atom is 0.389 e. The lowest BCUT2D eigenvalue weighted by Crippen LogP contribution is -2.06. The minimum Gasteiger partial charge on any atom is -0.494 e. The highest BCUT2D eigenvalue weighted by Crippen LogP contribution is 2.25. The summed E-state index contributed by atoms with van der Waals surface area (Å²) in [5.41, 5.74) is 6.41. The molecule has 1 rings (SSSR count). The maximum atomic E-state index is 11.9. The topological polar surface area (TPSA) is 35.2 Å². The van der Waals surface area contributed by atoms with Crippen LogP contribution in [-0.2, 0) is 0 Å². The number of benzene rings is 1. The Labute approximate surface area is 138 Å². The van der Waals surface area contributed by atoms with Gasteiger partial charge in [0.2, 0.25) is 0 Å². The Hall–Kier alpha value is -0.910. The fourth-order valence-corrected chi connectivity index (χ4v) is 2.36. The number of halogens is 4. The second kappa shape index (κ2) is 9.98. The zero-order valence-corrected chi connectivity index (χ0v) is 14.2. The Bertz CT molecular complexity index is 438. The van der Waals surface area contributed by atoms with Crippen LogP contribution in [0.5, 0.6) is 5.75 Å². The van der Waals surface area contributed by atoms with Crippen molar-refractivity contribution in [2.75, 3.05) is 12.3 Å². The van der Waals surface area contributed by atoms with E-state index < -0.39 is 12.6 Å². The maximum absolute atomic E-state index is 11.9. The molecular weight excluding hydrogens is 359 g/mol. The van der Waals surface area contributed by atoms with Gasteiger partial charge < -0.3 is 10.5 Å². The second-order valence-corrected chi connectivity index (χ2v) is 6.23. The fraction of sp³-hybridized carbons (Fsp3) is 0.625. The van der Waals surface area contributed by atoms with E-state index in [-0.39, 0.29) is 6.42 Å². The molecule has 0 heterocycles. The Morgan fingerprint density at radius 3 is 2.14 bits per heavy atom. The lowest BCUT2D eigenvalue weighted by molar-refractivity contribution is -0.135. The van der Waals surface area contributed by atoms with Gasteiger partial charge in [-0.25, -0.2) is 0 Å². The van der Waals surface area contributed by atoms with Gasteiger partial charge in [-0.15, -0.1) is 0 Å². The van der Waals surface area contributed by atoms with E-state index >= 15 is 0 Å². The molecule has 0 aliphatic heterocycles. The smallest absolute Gasteiger partial charge is 0.389 e. The van der Waals surface area contributed by atoms with Crippen LogP contribution in [-0.4, -0.2) is 12.8 Å². The summed E-state index contributed by atoms with van der Waals surface area (Å²) >= 11 is 3.33. The van der Waals surface area contributed by atoms with Gasteiger partial charge in [-0.3, -0.25) is 0 Å². The van der Waals surface area contributed by atoms with Crippen LogP contribution in [0.1, 0.15) is 51.4 Å². The van der Waals surface area contributed by atoms with Gasteiger partial charge in [-0.05, 0) is 40.9 Å². The second-order valence-electron chi connectivity index (χ2n) is 5.37. The quantitative estimate of drug-likeness (QED) is 0.392. The third-order valence-electron chi connectivity index (χ3n) is 3.34. The van der Waals surface area contributed by atoms with Crippen molar-refractivity contribution in [3.05, 3.63) is 22.7 Å². The van der Waals surface area contributed by atoms with Crippen LogP contribution in [0.25, 0.3) is 0 Å². The predicted molar refractivity (Wildman–Crippen MR) is 87.0 cm³/mol. The van der Waals surface area contributed by atoms with E-state index in [1.54, 1.807) is 6.07 Å². The van der Waals surface area contributed by atoms with Crippen molar-refractivity contribution in [2.24, 2.45) is 0 Å². The molecule has 0 atom stereocenters. The Balaban J connectivity index is 1.94. The highest BCUT2D eigenvalue weighted by Gasteiger charge is 2.25. The molecule has 0 unspecified atom stereocenters. The van der Waals surface area contributed by atoms with E-state index in [4.69, 9.17) is 10.5 Å². The zero-order chi connectivity index (χ0) is 16.4. The minimum absolute atomic E-state index is 0.248. The van der Waals surface area contributed by atoms with Crippen molar-refractivity contribution in [1.29, 1.82) is 0 Å². The average molecular weight is 382 g/mol. The molecule has 0 aliphatic carbocycles. The number of unbranched alkanes of at least 4 members (excludes halogenated alkanes) is 6. The predicted octanol–water partition coefficient (Wildman–Crippen LogP) is 6.09. The highest BCUT2D eigenvalue weighted by molar-refractivity contribution is 9.10. The van der Waals surface area contributed by atoms with Gasteiger partial charge in [0.25, 0.3) is 0 Å². The Kier molecular flexibility index (Phi) is 8.68. The van der Waals surface area contributed by atoms with Crippen molar-refractivity contribution in [1.82, 2.24) is 0 Å². The van der Waals surface area contributed by atoms with E-state index in [2.05, 4.69) is 15.9 Å². The number of alkyl halides is 3. The van der Waals surface area contributed by atoms with Crippen molar-refractivity contribution < 1.29 is 17.9 Å². The van der Waals surface area contributed by atoms with Gasteiger partial charge in [0, 0.05) is 22.6 Å². The summed E-state index contributed by atoms with van der Waals surface area (Å²) in [6, 6.07) is 5.50. The van der Waals surface area contributed by atoms with Gasteiger partial charge in [0.1, 0.15) is 5.75 Å². The average Bonchev–Trinajstić information content (AvgIpc) is 2.43. The van der Waals surface area contributed by atoms with Gasteiger partial charge >= 0.3 is 6.18 Å². The standard InChI is InChI=1S/C16H23BrF3NO/c17-14-9-8-13(12-15(14)21)22-11-7-5-3-1-2-4-6-10-16(18,19)20/h8-9,12H,1-7,10-11,21H2. The normalized spacial score (nSPS) is 11.6. The van der Waals surface area contributed by atoms with Crippen LogP contribution in [0.4, 0.5) is 18.9 Å². The number of nitrogen functional groups attached to an aromatic ring is 1. The number of rotatable bonds is 10. The molecule has 6 heteroatoms. The van der Waals surface area contributed by atoms with E-state index in [1.165, 1.54) is 0 Å². The van der Waals surface area contributed by atoms with Crippen LogP contribution in [0.2, 0.25) is 0 Å². The molecule has 126 valence electrons. The van der Waals surface area contributed by atoms with Crippen molar-refractivity contribution >= 4 is 21.6 Å². The zero-order valence-electron chi connectivity index (χ0n) is 12.6. The molecule has 0 saturated carbocycles. The molecular formula is C16H23BrF3NO. The van der Waals surface area contributed by atoms with Gasteiger partial charge in [0.15, 0.2) is 0 Å². The van der Waals surface area contributed by atoms with Gasteiger partial charge in [-0.2, -0.15) is 13.2 Å². The molecule has 0 aliphatic rings. The molecule has 0 radical (unpaired) electrons. The molecule has 1 aromatic carbocycles. The number of ether oxygens (including phenoxy) is 1. The van der Waals surface area contributed by atoms with E-state index in [0.29, 0.717) is 18.7 Å². The number of anilines is 1. The Morgan fingerprint density at radius 2 is 1.55 bits per heavy atom. The third kappa shape index (κ3) is 9.18. The lowest BCUT2D eigenvalue weighted by atomic mass is 10.1. The summed E-state index contributed by atoms with van der Waals surface area (Å²) in [5, 5.41) is 0. The molecule has 0 aromatic heterocycles. The first-order chi connectivity index (χ1) is 10.4. The number of hydrogen-bond acceptors (Lipinski definition) is 2. The molecule has 0 amide bonds. The molecule has 0 saturated heterocycles. The first-order valence-corrected chi connectivity index (χ1v) is 8.42. The van der Waals surface area contributed by atoms with Crippen LogP contribution >= 0.6 is 15.9 Å². The first kappa shape index (κ1) is 19.1. The van der Waals surface area contributed by atoms with E-state index in [0.717, 1.165) is 42.3 Å². The molecule has 0 spiro atoms. The van der Waals surface area contributed by atoms with E-state index in [9.17, 15) is 13.2 Å². The van der Waals surface area contributed by atoms with Crippen molar-refractivity contribution in [3.8, 4) is 5.75 Å². The third-order valence-corrected chi connectivity index (χ3v) is 4.06. The number of nitrogens with two attached hydrogens (primary N) is 1. The summed E-state index contributed by atoms with van der Waals surface area (Å²) < 4.78 is 42.2. The summed E-state index contributed by atoms with van der Waals surface area (Å²) in [5.74, 6) is 0.757. The van der Waals surface area contributed by atoms with E-state index in [1.807, 2.05) is 12.1 Å². The van der Waals surface area contributed by atoms with Gasteiger partial charge in [0.05, 0.1) is 6.61 Å². The first-order valence-electron chi connectivity index (χ1n) is 7.63. The molecule has 2 N–H and O–H groups in total. The molecule has 0 fully saturated rings. The van der Waals surface area contributed by atoms with Crippen molar-refractivity contribution in [3.63, 3.8) is 0 Å². The molecule has 0 bridgehead atoms. The molecule has 22 heavy (non-hydrogen) atoms. The van der Waals surface area contributed by atoms with Gasteiger partial charge in [-0.1, -0.05) is 32.1 Å². The lowest BCUT2D eigenvalue weighted by Gasteiger charge is -2.08. The Morgan fingerprint density at radius 1 is 0.955 bits per heavy atom. The summed E-state index contributed by atoms with van der Waals surface area (Å²) in [4.78, 5) is 0. The summed E-state index contributed by atoms with van der Waals surface area (Å²) in [7, 11) is 0. The monoisotopic (exact) mass is 381 g/mol. The van der Waals surface area contributed by atoms with Crippen LogP contribution < -0.4 is 10.5 Å². The van der Waals surface area contributed by atoms with Crippen LogP contribution in [0, 0.1) is 0 Å². The molecule has 1 aromatic rings. The summed E-state index contributed by atoms with van der Waals surface area (Å²) in [6.07, 6.45) is 1.13. The molecule has 2 nitrogen and oxygen atoms in total.